The first-order chi connectivity index (χ1) is 11.2. The highest BCUT2D eigenvalue weighted by atomic mass is 16.6. The molecule has 1 amide bonds. The van der Waals surface area contributed by atoms with Gasteiger partial charge in [-0.2, -0.15) is 0 Å². The molecule has 1 aromatic rings. The van der Waals surface area contributed by atoms with Crippen LogP contribution < -0.4 is 19.7 Å². The van der Waals surface area contributed by atoms with Gasteiger partial charge in [0, 0.05) is 25.2 Å². The number of amides is 1. The fourth-order valence-electron chi connectivity index (χ4n) is 3.54. The Kier molecular flexibility index (Phi) is 3.77. The van der Waals surface area contributed by atoms with E-state index < -0.39 is 0 Å². The second-order valence-corrected chi connectivity index (χ2v) is 6.42. The molecule has 1 fully saturated rings. The Morgan fingerprint density at radius 1 is 1.13 bits per heavy atom. The van der Waals surface area contributed by atoms with Crippen LogP contribution in [0.3, 0.4) is 0 Å². The maximum atomic E-state index is 12.6. The van der Waals surface area contributed by atoms with Gasteiger partial charge in [0.1, 0.15) is 19.3 Å². The third kappa shape index (κ3) is 2.72. The van der Waals surface area contributed by atoms with Crippen LogP contribution in [0.4, 0.5) is 11.4 Å². The molecule has 3 aliphatic heterocycles. The summed E-state index contributed by atoms with van der Waals surface area (Å²) < 4.78 is 11.3. The van der Waals surface area contributed by atoms with Crippen molar-refractivity contribution in [3.8, 4) is 11.5 Å². The van der Waals surface area contributed by atoms with Crippen LogP contribution in [0.15, 0.2) is 12.1 Å². The second-order valence-electron chi connectivity index (χ2n) is 6.42. The zero-order valence-electron chi connectivity index (χ0n) is 13.5. The molecular weight excluding hydrogens is 294 g/mol. The van der Waals surface area contributed by atoms with E-state index in [2.05, 4.69) is 10.2 Å². The lowest BCUT2D eigenvalue weighted by molar-refractivity contribution is -0.119. The molecule has 3 heterocycles. The van der Waals surface area contributed by atoms with Gasteiger partial charge in [-0.05, 0) is 32.9 Å². The van der Waals surface area contributed by atoms with Crippen molar-refractivity contribution in [3.05, 3.63) is 12.1 Å². The summed E-state index contributed by atoms with van der Waals surface area (Å²) in [7, 11) is 0. The number of hydrogen-bond donors (Lipinski definition) is 1. The van der Waals surface area contributed by atoms with Gasteiger partial charge in [0.15, 0.2) is 11.5 Å². The summed E-state index contributed by atoms with van der Waals surface area (Å²) in [5, 5.41) is 3.28. The molecule has 0 aromatic heterocycles. The van der Waals surface area contributed by atoms with Crippen molar-refractivity contribution in [3.63, 3.8) is 0 Å². The van der Waals surface area contributed by atoms with Crippen LogP contribution in [-0.2, 0) is 4.79 Å². The first-order valence-electron chi connectivity index (χ1n) is 8.46. The molecule has 1 N–H and O–H groups in total. The van der Waals surface area contributed by atoms with Crippen molar-refractivity contribution in [1.29, 1.82) is 0 Å². The molecule has 0 aliphatic carbocycles. The Balaban J connectivity index is 1.61. The molecule has 6 heteroatoms. The Bertz CT molecular complexity index is 613. The van der Waals surface area contributed by atoms with Crippen molar-refractivity contribution in [2.24, 2.45) is 0 Å². The number of anilines is 2. The molecule has 0 bridgehead atoms. The van der Waals surface area contributed by atoms with Gasteiger partial charge in [-0.25, -0.2) is 0 Å². The first-order valence-corrected chi connectivity index (χ1v) is 8.46. The smallest absolute Gasteiger partial charge is 0.249 e. The first kappa shape index (κ1) is 14.6. The summed E-state index contributed by atoms with van der Waals surface area (Å²) >= 11 is 0. The summed E-state index contributed by atoms with van der Waals surface area (Å²) in [6.45, 7) is 6.96. The largest absolute Gasteiger partial charge is 0.486 e. The van der Waals surface area contributed by atoms with Gasteiger partial charge in [-0.3, -0.25) is 4.79 Å². The fourth-order valence-corrected chi connectivity index (χ4v) is 3.54. The lowest BCUT2D eigenvalue weighted by atomic mass is 10.1. The molecule has 6 nitrogen and oxygen atoms in total. The lowest BCUT2D eigenvalue weighted by Crippen LogP contribution is -2.48. The van der Waals surface area contributed by atoms with Crippen LogP contribution in [0, 0.1) is 0 Å². The van der Waals surface area contributed by atoms with Crippen molar-refractivity contribution in [2.45, 2.75) is 25.8 Å². The second kappa shape index (κ2) is 5.92. The molecule has 23 heavy (non-hydrogen) atoms. The normalized spacial score (nSPS) is 23.6. The summed E-state index contributed by atoms with van der Waals surface area (Å²) in [6, 6.07) is 3.67. The molecule has 0 radical (unpaired) electrons. The van der Waals surface area contributed by atoms with Gasteiger partial charge in [-0.15, -0.1) is 0 Å². The molecule has 1 atom stereocenters. The maximum absolute atomic E-state index is 12.6. The van der Waals surface area contributed by atoms with Gasteiger partial charge < -0.3 is 24.6 Å². The number of hydrogen-bond acceptors (Lipinski definition) is 5. The molecule has 0 spiro atoms. The zero-order chi connectivity index (χ0) is 15.8. The van der Waals surface area contributed by atoms with Gasteiger partial charge in [0.2, 0.25) is 5.91 Å². The highest BCUT2D eigenvalue weighted by Gasteiger charge is 2.32. The number of carbonyl (C=O) groups is 1. The van der Waals surface area contributed by atoms with E-state index in [9.17, 15) is 4.79 Å². The number of carbonyl (C=O) groups excluding carboxylic acids is 1. The SMILES string of the molecule is CC1Nc2cc3c(cc2N(CCN2CCCC2)C1=O)OCCO3. The number of likely N-dealkylation sites (tertiary alicyclic amines) is 1. The highest BCUT2D eigenvalue weighted by molar-refractivity contribution is 6.05. The summed E-state index contributed by atoms with van der Waals surface area (Å²) in [5.74, 6) is 1.60. The minimum atomic E-state index is -0.219. The predicted octanol–water partition coefficient (Wildman–Crippen LogP) is 1.70. The summed E-state index contributed by atoms with van der Waals surface area (Å²) in [4.78, 5) is 17.0. The van der Waals surface area contributed by atoms with Gasteiger partial charge in [-0.1, -0.05) is 0 Å². The van der Waals surface area contributed by atoms with E-state index in [1.54, 1.807) is 0 Å². The molecule has 3 aliphatic rings. The van der Waals surface area contributed by atoms with E-state index in [0.717, 1.165) is 49.1 Å². The molecule has 1 saturated heterocycles. The monoisotopic (exact) mass is 317 g/mol. The molecule has 4 rings (SSSR count). The lowest BCUT2D eigenvalue weighted by Gasteiger charge is -2.36. The third-order valence-electron chi connectivity index (χ3n) is 4.80. The van der Waals surface area contributed by atoms with Gasteiger partial charge >= 0.3 is 0 Å². The van der Waals surface area contributed by atoms with Crippen molar-refractivity contribution in [2.75, 3.05) is 49.6 Å². The van der Waals surface area contributed by atoms with Crippen LogP contribution in [0.5, 0.6) is 11.5 Å². The van der Waals surface area contributed by atoms with Crippen LogP contribution in [0.25, 0.3) is 0 Å². The molecular formula is C17H23N3O3. The number of rotatable bonds is 3. The molecule has 1 unspecified atom stereocenters. The number of ether oxygens (including phenoxy) is 2. The van der Waals surface area contributed by atoms with Gasteiger partial charge in [0.05, 0.1) is 11.4 Å². The zero-order valence-corrected chi connectivity index (χ0v) is 13.5. The Morgan fingerprint density at radius 2 is 1.83 bits per heavy atom. The number of nitrogens with zero attached hydrogens (tertiary/aromatic N) is 2. The quantitative estimate of drug-likeness (QED) is 0.919. The van der Waals surface area contributed by atoms with Crippen molar-refractivity contribution in [1.82, 2.24) is 4.90 Å². The van der Waals surface area contributed by atoms with E-state index in [1.807, 2.05) is 24.0 Å². The summed E-state index contributed by atoms with van der Waals surface area (Å²) in [6.07, 6.45) is 2.53. The average molecular weight is 317 g/mol. The maximum Gasteiger partial charge on any atom is 0.249 e. The van der Waals surface area contributed by atoms with E-state index in [1.165, 1.54) is 12.8 Å². The third-order valence-corrected chi connectivity index (χ3v) is 4.80. The predicted molar refractivity (Wildman–Crippen MR) is 88.5 cm³/mol. The van der Waals surface area contributed by atoms with Crippen LogP contribution in [0.2, 0.25) is 0 Å². The minimum absolute atomic E-state index is 0.119. The Morgan fingerprint density at radius 3 is 2.57 bits per heavy atom. The van der Waals surface area contributed by atoms with Crippen LogP contribution >= 0.6 is 0 Å². The topological polar surface area (TPSA) is 54.0 Å². The van der Waals surface area contributed by atoms with E-state index in [0.29, 0.717) is 13.2 Å². The Hall–Kier alpha value is -1.95. The van der Waals surface area contributed by atoms with E-state index in [4.69, 9.17) is 9.47 Å². The molecule has 0 saturated carbocycles. The molecule has 124 valence electrons. The Labute approximate surface area is 136 Å². The van der Waals surface area contributed by atoms with E-state index in [-0.39, 0.29) is 11.9 Å². The van der Waals surface area contributed by atoms with Crippen LogP contribution in [-0.4, -0.2) is 56.2 Å². The van der Waals surface area contributed by atoms with Gasteiger partial charge in [0.25, 0.3) is 0 Å². The number of benzene rings is 1. The molecule has 1 aromatic carbocycles. The highest BCUT2D eigenvalue weighted by Crippen LogP contribution is 2.42. The van der Waals surface area contributed by atoms with Crippen LogP contribution in [0.1, 0.15) is 19.8 Å². The standard InChI is InChI=1S/C17H23N3O3/c1-12-17(21)20(7-6-19-4-2-3-5-19)14-11-16-15(10-13(14)18-12)22-8-9-23-16/h10-12,18H,2-9H2,1H3. The summed E-state index contributed by atoms with van der Waals surface area (Å²) in [5.41, 5.74) is 1.85. The average Bonchev–Trinajstić information content (AvgIpc) is 3.07. The van der Waals surface area contributed by atoms with Crippen molar-refractivity contribution >= 4 is 17.3 Å². The fraction of sp³-hybridized carbons (Fsp3) is 0.588. The minimum Gasteiger partial charge on any atom is -0.486 e. The number of fused-ring (bicyclic) bond motifs is 2. The van der Waals surface area contributed by atoms with Crippen molar-refractivity contribution < 1.29 is 14.3 Å². The number of nitrogens with one attached hydrogen (secondary N) is 1. The van der Waals surface area contributed by atoms with E-state index >= 15 is 0 Å².